The molecule has 1 aromatic heterocycles. The van der Waals surface area contributed by atoms with Gasteiger partial charge in [-0.25, -0.2) is 9.97 Å². The van der Waals surface area contributed by atoms with Crippen LogP contribution in [0.1, 0.15) is 6.92 Å². The molecule has 20 heavy (non-hydrogen) atoms. The Kier molecular flexibility index (Phi) is 6.34. The third-order valence-electron chi connectivity index (χ3n) is 2.30. The van der Waals surface area contributed by atoms with Crippen LogP contribution in [0.2, 0.25) is 0 Å². The second kappa shape index (κ2) is 7.53. The zero-order valence-electron chi connectivity index (χ0n) is 11.2. The molecule has 0 fully saturated rings. The quantitative estimate of drug-likeness (QED) is 0.593. The van der Waals surface area contributed by atoms with Gasteiger partial charge in [0.15, 0.2) is 5.16 Å². The number of thioether (sulfide) groups is 1. The van der Waals surface area contributed by atoms with Crippen LogP contribution in [0.5, 0.6) is 0 Å². The van der Waals surface area contributed by atoms with Crippen molar-refractivity contribution >= 4 is 23.4 Å². The first-order valence-corrected chi connectivity index (χ1v) is 7.21. The SMILES string of the molecule is CCNc1cc(N(CCO)CC(F)(F)F)nc(SC)n1. The van der Waals surface area contributed by atoms with Crippen molar-refractivity contribution in [3.8, 4) is 0 Å². The van der Waals surface area contributed by atoms with Crippen LogP contribution in [-0.4, -0.2) is 53.7 Å². The molecule has 0 aliphatic heterocycles. The molecule has 1 heterocycles. The van der Waals surface area contributed by atoms with E-state index in [4.69, 9.17) is 5.11 Å². The monoisotopic (exact) mass is 310 g/mol. The number of hydrogen-bond acceptors (Lipinski definition) is 6. The van der Waals surface area contributed by atoms with E-state index in [1.54, 1.807) is 6.26 Å². The topological polar surface area (TPSA) is 61.3 Å². The lowest BCUT2D eigenvalue weighted by atomic mass is 10.4. The maximum atomic E-state index is 12.6. The van der Waals surface area contributed by atoms with Gasteiger partial charge in [-0.05, 0) is 13.2 Å². The lowest BCUT2D eigenvalue weighted by Crippen LogP contribution is -2.37. The number of alkyl halides is 3. The second-order valence-electron chi connectivity index (χ2n) is 3.89. The summed E-state index contributed by atoms with van der Waals surface area (Å²) in [5.74, 6) is 0.610. The number of hydrogen-bond donors (Lipinski definition) is 2. The van der Waals surface area contributed by atoms with E-state index in [9.17, 15) is 13.2 Å². The van der Waals surface area contributed by atoms with E-state index < -0.39 is 12.7 Å². The molecular formula is C11H17F3N4OS. The average molecular weight is 310 g/mol. The van der Waals surface area contributed by atoms with Gasteiger partial charge < -0.3 is 15.3 Å². The molecule has 0 spiro atoms. The van der Waals surface area contributed by atoms with Gasteiger partial charge in [0.2, 0.25) is 0 Å². The van der Waals surface area contributed by atoms with Crippen molar-refractivity contribution in [1.29, 1.82) is 0 Å². The van der Waals surface area contributed by atoms with Gasteiger partial charge in [0, 0.05) is 19.2 Å². The molecule has 5 nitrogen and oxygen atoms in total. The first-order valence-electron chi connectivity index (χ1n) is 5.99. The summed E-state index contributed by atoms with van der Waals surface area (Å²) in [6.45, 7) is 0.774. The van der Waals surface area contributed by atoms with E-state index in [0.717, 1.165) is 4.90 Å². The predicted octanol–water partition coefficient (Wildman–Crippen LogP) is 1.99. The van der Waals surface area contributed by atoms with Gasteiger partial charge in [-0.15, -0.1) is 0 Å². The van der Waals surface area contributed by atoms with Gasteiger partial charge in [0.25, 0.3) is 0 Å². The van der Waals surface area contributed by atoms with Gasteiger partial charge in [0.1, 0.15) is 18.2 Å². The van der Waals surface area contributed by atoms with E-state index >= 15 is 0 Å². The van der Waals surface area contributed by atoms with Gasteiger partial charge in [-0.1, -0.05) is 11.8 Å². The molecule has 0 aliphatic rings. The summed E-state index contributed by atoms with van der Waals surface area (Å²) >= 11 is 1.24. The van der Waals surface area contributed by atoms with Crippen LogP contribution < -0.4 is 10.2 Å². The highest BCUT2D eigenvalue weighted by Gasteiger charge is 2.31. The highest BCUT2D eigenvalue weighted by atomic mass is 32.2. The van der Waals surface area contributed by atoms with Crippen LogP contribution in [0.4, 0.5) is 24.8 Å². The van der Waals surface area contributed by atoms with Crippen molar-refractivity contribution in [2.75, 3.05) is 42.7 Å². The standard InChI is InChI=1S/C11H17F3N4OS/c1-3-15-8-6-9(17-10(16-8)20-2)18(4-5-19)7-11(12,13)14/h6,19H,3-5,7H2,1-2H3,(H,15,16,17). The molecule has 2 N–H and O–H groups in total. The zero-order chi connectivity index (χ0) is 15.2. The molecule has 0 amide bonds. The molecule has 0 saturated carbocycles. The Bertz CT molecular complexity index is 431. The molecule has 0 aromatic carbocycles. The fraction of sp³-hybridized carbons (Fsp3) is 0.636. The largest absolute Gasteiger partial charge is 0.405 e. The molecule has 0 atom stereocenters. The van der Waals surface area contributed by atoms with E-state index in [1.165, 1.54) is 17.8 Å². The number of nitrogens with one attached hydrogen (secondary N) is 1. The molecule has 0 radical (unpaired) electrons. The minimum Gasteiger partial charge on any atom is -0.395 e. The lowest BCUT2D eigenvalue weighted by Gasteiger charge is -2.24. The first kappa shape index (κ1) is 16.8. The number of aromatic nitrogens is 2. The van der Waals surface area contributed by atoms with Crippen LogP contribution in [0.15, 0.2) is 11.2 Å². The fourth-order valence-corrected chi connectivity index (χ4v) is 1.92. The van der Waals surface area contributed by atoms with Crippen molar-refractivity contribution < 1.29 is 18.3 Å². The summed E-state index contributed by atoms with van der Waals surface area (Å²) in [6, 6.07) is 1.45. The molecule has 0 aliphatic carbocycles. The Morgan fingerprint density at radius 1 is 1.40 bits per heavy atom. The Morgan fingerprint density at radius 3 is 2.60 bits per heavy atom. The molecule has 0 saturated heterocycles. The number of aliphatic hydroxyl groups is 1. The molecule has 1 rings (SSSR count). The summed E-state index contributed by atoms with van der Waals surface area (Å²) in [4.78, 5) is 9.20. The third kappa shape index (κ3) is 5.41. The molecule has 9 heteroatoms. The number of halogens is 3. The maximum Gasteiger partial charge on any atom is 0.405 e. The minimum atomic E-state index is -4.36. The van der Waals surface area contributed by atoms with Crippen molar-refractivity contribution in [1.82, 2.24) is 9.97 Å². The minimum absolute atomic E-state index is 0.143. The van der Waals surface area contributed by atoms with Crippen molar-refractivity contribution in [3.63, 3.8) is 0 Å². The smallest absolute Gasteiger partial charge is 0.395 e. The highest BCUT2D eigenvalue weighted by molar-refractivity contribution is 7.98. The normalized spacial score (nSPS) is 11.5. The number of rotatable bonds is 7. The first-order chi connectivity index (χ1) is 9.39. The highest BCUT2D eigenvalue weighted by Crippen LogP contribution is 2.24. The van der Waals surface area contributed by atoms with E-state index in [1.807, 2.05) is 6.92 Å². The van der Waals surface area contributed by atoms with Crippen molar-refractivity contribution in [3.05, 3.63) is 6.07 Å². The van der Waals surface area contributed by atoms with Gasteiger partial charge in [-0.2, -0.15) is 13.2 Å². The van der Waals surface area contributed by atoms with Crippen LogP contribution in [0.3, 0.4) is 0 Å². The molecule has 1 aromatic rings. The van der Waals surface area contributed by atoms with Gasteiger partial charge >= 0.3 is 6.18 Å². The summed E-state index contributed by atoms with van der Waals surface area (Å²) < 4.78 is 37.7. The summed E-state index contributed by atoms with van der Waals surface area (Å²) in [5.41, 5.74) is 0. The van der Waals surface area contributed by atoms with Crippen LogP contribution in [-0.2, 0) is 0 Å². The van der Waals surface area contributed by atoms with Crippen LogP contribution >= 0.6 is 11.8 Å². The zero-order valence-corrected chi connectivity index (χ0v) is 12.1. The predicted molar refractivity (Wildman–Crippen MR) is 73.3 cm³/mol. The van der Waals surface area contributed by atoms with Gasteiger partial charge in [0.05, 0.1) is 6.61 Å². The number of aliphatic hydroxyl groups excluding tert-OH is 1. The lowest BCUT2D eigenvalue weighted by molar-refractivity contribution is -0.120. The summed E-state index contributed by atoms with van der Waals surface area (Å²) in [5, 5.41) is 12.2. The summed E-state index contributed by atoms with van der Waals surface area (Å²) in [6.07, 6.45) is -2.62. The molecule has 0 unspecified atom stereocenters. The van der Waals surface area contributed by atoms with Gasteiger partial charge in [-0.3, -0.25) is 0 Å². The van der Waals surface area contributed by atoms with Crippen molar-refractivity contribution in [2.45, 2.75) is 18.3 Å². The van der Waals surface area contributed by atoms with Crippen LogP contribution in [0, 0.1) is 0 Å². The van der Waals surface area contributed by atoms with Crippen LogP contribution in [0.25, 0.3) is 0 Å². The van der Waals surface area contributed by atoms with Crippen molar-refractivity contribution in [2.24, 2.45) is 0 Å². The number of anilines is 2. The Hall–Kier alpha value is -1.22. The average Bonchev–Trinajstić information content (AvgIpc) is 2.36. The third-order valence-corrected chi connectivity index (χ3v) is 2.84. The van der Waals surface area contributed by atoms with E-state index in [-0.39, 0.29) is 19.0 Å². The molecule has 0 bridgehead atoms. The molecule has 114 valence electrons. The van der Waals surface area contributed by atoms with E-state index in [2.05, 4.69) is 15.3 Å². The number of nitrogens with zero attached hydrogens (tertiary/aromatic N) is 3. The Morgan fingerprint density at radius 2 is 2.10 bits per heavy atom. The molecular weight excluding hydrogens is 293 g/mol. The van der Waals surface area contributed by atoms with E-state index in [0.29, 0.717) is 17.5 Å². The Balaban J connectivity index is 3.07. The fourth-order valence-electron chi connectivity index (χ4n) is 1.55. The maximum absolute atomic E-state index is 12.6. The summed E-state index contributed by atoms with van der Waals surface area (Å²) in [7, 11) is 0. The Labute approximate surface area is 119 Å². The second-order valence-corrected chi connectivity index (χ2v) is 4.66.